The fraction of sp³-hybridized carbons (Fsp3) is 1.00. The maximum absolute atomic E-state index is 5.62. The molecule has 98 valence electrons. The highest BCUT2D eigenvalue weighted by atomic mass is 16.5. The van der Waals surface area contributed by atoms with Gasteiger partial charge in [0.15, 0.2) is 0 Å². The van der Waals surface area contributed by atoms with Gasteiger partial charge < -0.3 is 10.1 Å². The third kappa shape index (κ3) is 7.24. The Balaban J connectivity index is 4.13. The number of nitrogens with one attached hydrogen (secondary N) is 1. The average molecular weight is 229 g/mol. The quantitative estimate of drug-likeness (QED) is 0.618. The minimum absolute atomic E-state index is 0.385. The molecule has 0 saturated heterocycles. The lowest BCUT2D eigenvalue weighted by Crippen LogP contribution is -2.41. The molecule has 0 aliphatic rings. The van der Waals surface area contributed by atoms with Crippen LogP contribution in [-0.4, -0.2) is 25.8 Å². The largest absolute Gasteiger partial charge is 0.380 e. The summed E-state index contributed by atoms with van der Waals surface area (Å²) in [7, 11) is 1.84. The monoisotopic (exact) mass is 229 g/mol. The number of hydrogen-bond donors (Lipinski definition) is 1. The summed E-state index contributed by atoms with van der Waals surface area (Å²) in [6.45, 7) is 10.1. The Kier molecular flexibility index (Phi) is 10.0. The van der Waals surface area contributed by atoms with Gasteiger partial charge in [0.2, 0.25) is 0 Å². The molecule has 2 unspecified atom stereocenters. The number of rotatable bonds is 10. The van der Waals surface area contributed by atoms with Gasteiger partial charge >= 0.3 is 0 Å². The van der Waals surface area contributed by atoms with Gasteiger partial charge in [0.1, 0.15) is 0 Å². The Morgan fingerprint density at radius 2 is 1.69 bits per heavy atom. The third-order valence-electron chi connectivity index (χ3n) is 3.04. The molecule has 2 nitrogen and oxygen atoms in total. The van der Waals surface area contributed by atoms with Gasteiger partial charge in [-0.05, 0) is 38.1 Å². The summed E-state index contributed by atoms with van der Waals surface area (Å²) in [5.74, 6) is 0.782. The lowest BCUT2D eigenvalue weighted by atomic mass is 9.97. The summed E-state index contributed by atoms with van der Waals surface area (Å²) in [5, 5.41) is 3.64. The Morgan fingerprint density at radius 3 is 2.12 bits per heavy atom. The smallest absolute Gasteiger partial charge is 0.0724 e. The minimum Gasteiger partial charge on any atom is -0.380 e. The first-order chi connectivity index (χ1) is 7.65. The normalized spacial score (nSPS) is 15.4. The van der Waals surface area contributed by atoms with Crippen LogP contribution in [0, 0.1) is 5.92 Å². The summed E-state index contributed by atoms with van der Waals surface area (Å²) in [5.41, 5.74) is 0. The van der Waals surface area contributed by atoms with Crippen molar-refractivity contribution >= 4 is 0 Å². The standard InChI is InChI=1S/C14H31NO/c1-6-8-14(16-5)13(15-11-7-2)10-9-12(3)4/h12-15H,6-11H2,1-5H3. The van der Waals surface area contributed by atoms with Gasteiger partial charge in [-0.3, -0.25) is 0 Å². The Morgan fingerprint density at radius 1 is 1.00 bits per heavy atom. The van der Waals surface area contributed by atoms with Crippen LogP contribution < -0.4 is 5.32 Å². The SMILES string of the molecule is CCCNC(CCC(C)C)C(CCC)OC. The van der Waals surface area contributed by atoms with Gasteiger partial charge in [0.25, 0.3) is 0 Å². The van der Waals surface area contributed by atoms with Gasteiger partial charge in [0.05, 0.1) is 6.10 Å². The van der Waals surface area contributed by atoms with Crippen molar-refractivity contribution in [2.75, 3.05) is 13.7 Å². The van der Waals surface area contributed by atoms with Crippen LogP contribution >= 0.6 is 0 Å². The van der Waals surface area contributed by atoms with Crippen molar-refractivity contribution in [3.05, 3.63) is 0 Å². The van der Waals surface area contributed by atoms with Crippen molar-refractivity contribution < 1.29 is 4.74 Å². The summed E-state index contributed by atoms with van der Waals surface area (Å²) < 4.78 is 5.62. The van der Waals surface area contributed by atoms with Crippen molar-refractivity contribution in [2.24, 2.45) is 5.92 Å². The van der Waals surface area contributed by atoms with Gasteiger partial charge in [0, 0.05) is 13.2 Å². The topological polar surface area (TPSA) is 21.3 Å². The predicted octanol–water partition coefficient (Wildman–Crippen LogP) is 3.61. The summed E-state index contributed by atoms with van der Waals surface area (Å²) in [6, 6.07) is 0.535. The van der Waals surface area contributed by atoms with E-state index in [1.807, 2.05) is 7.11 Å². The first-order valence-electron chi connectivity index (χ1n) is 6.91. The van der Waals surface area contributed by atoms with Gasteiger partial charge in [-0.1, -0.05) is 34.1 Å². The van der Waals surface area contributed by atoms with Crippen molar-refractivity contribution in [1.29, 1.82) is 0 Å². The minimum atomic E-state index is 0.385. The van der Waals surface area contributed by atoms with Crippen molar-refractivity contribution in [3.63, 3.8) is 0 Å². The lowest BCUT2D eigenvalue weighted by Gasteiger charge is -2.27. The van der Waals surface area contributed by atoms with Crippen molar-refractivity contribution in [2.45, 2.75) is 71.9 Å². The molecule has 0 bridgehead atoms. The molecule has 2 heteroatoms. The summed E-state index contributed by atoms with van der Waals surface area (Å²) in [4.78, 5) is 0. The molecule has 0 heterocycles. The van der Waals surface area contributed by atoms with Crippen LogP contribution in [0.2, 0.25) is 0 Å². The molecule has 0 radical (unpaired) electrons. The second-order valence-electron chi connectivity index (χ2n) is 5.09. The van der Waals surface area contributed by atoms with Crippen LogP contribution in [0.1, 0.15) is 59.8 Å². The van der Waals surface area contributed by atoms with E-state index in [2.05, 4.69) is 33.0 Å². The Labute approximate surface area is 102 Å². The highest BCUT2D eigenvalue weighted by Crippen LogP contribution is 2.15. The molecule has 0 aliphatic carbocycles. The maximum Gasteiger partial charge on any atom is 0.0724 e. The molecule has 0 aromatic heterocycles. The highest BCUT2D eigenvalue weighted by molar-refractivity contribution is 4.77. The summed E-state index contributed by atoms with van der Waals surface area (Å²) >= 11 is 0. The van der Waals surface area contributed by atoms with E-state index in [1.54, 1.807) is 0 Å². The van der Waals surface area contributed by atoms with E-state index < -0.39 is 0 Å². The molecule has 1 N–H and O–H groups in total. The molecule has 0 aromatic carbocycles. The molecule has 0 saturated carbocycles. The van der Waals surface area contributed by atoms with Crippen molar-refractivity contribution in [1.82, 2.24) is 5.32 Å². The third-order valence-corrected chi connectivity index (χ3v) is 3.04. The van der Waals surface area contributed by atoms with Crippen LogP contribution in [0.3, 0.4) is 0 Å². The molecule has 16 heavy (non-hydrogen) atoms. The molecule has 0 amide bonds. The maximum atomic E-state index is 5.62. The van der Waals surface area contributed by atoms with Gasteiger partial charge in [-0.15, -0.1) is 0 Å². The lowest BCUT2D eigenvalue weighted by molar-refractivity contribution is 0.0564. The number of hydrogen-bond acceptors (Lipinski definition) is 2. The second-order valence-corrected chi connectivity index (χ2v) is 5.09. The zero-order valence-corrected chi connectivity index (χ0v) is 11.9. The van der Waals surface area contributed by atoms with E-state index in [0.29, 0.717) is 12.1 Å². The zero-order valence-electron chi connectivity index (χ0n) is 11.9. The van der Waals surface area contributed by atoms with Crippen LogP contribution in [0.15, 0.2) is 0 Å². The van der Waals surface area contributed by atoms with Gasteiger partial charge in [-0.2, -0.15) is 0 Å². The Hall–Kier alpha value is -0.0800. The number of methoxy groups -OCH3 is 1. The molecule has 0 fully saturated rings. The molecule has 0 spiro atoms. The van der Waals surface area contributed by atoms with E-state index in [0.717, 1.165) is 18.9 Å². The Bertz CT molecular complexity index is 148. The first kappa shape index (κ1) is 15.9. The van der Waals surface area contributed by atoms with E-state index in [-0.39, 0.29) is 0 Å². The van der Waals surface area contributed by atoms with Crippen LogP contribution in [-0.2, 0) is 4.74 Å². The molecule has 2 atom stereocenters. The molecular weight excluding hydrogens is 198 g/mol. The fourth-order valence-corrected chi connectivity index (χ4v) is 2.03. The fourth-order valence-electron chi connectivity index (χ4n) is 2.03. The number of ether oxygens (including phenoxy) is 1. The van der Waals surface area contributed by atoms with Crippen molar-refractivity contribution in [3.8, 4) is 0 Å². The zero-order chi connectivity index (χ0) is 12.4. The predicted molar refractivity (Wildman–Crippen MR) is 71.9 cm³/mol. The van der Waals surface area contributed by atoms with E-state index in [4.69, 9.17) is 4.74 Å². The molecular formula is C14H31NO. The molecule has 0 rings (SSSR count). The molecule has 0 aromatic rings. The second kappa shape index (κ2) is 10.1. The first-order valence-corrected chi connectivity index (χ1v) is 6.91. The van der Waals surface area contributed by atoms with Crippen LogP contribution in [0.4, 0.5) is 0 Å². The van der Waals surface area contributed by atoms with E-state index >= 15 is 0 Å². The highest BCUT2D eigenvalue weighted by Gasteiger charge is 2.19. The van der Waals surface area contributed by atoms with E-state index in [9.17, 15) is 0 Å². The average Bonchev–Trinajstić information content (AvgIpc) is 2.26. The van der Waals surface area contributed by atoms with Crippen LogP contribution in [0.25, 0.3) is 0 Å². The van der Waals surface area contributed by atoms with Gasteiger partial charge in [-0.25, -0.2) is 0 Å². The van der Waals surface area contributed by atoms with Crippen LogP contribution in [0.5, 0.6) is 0 Å². The van der Waals surface area contributed by atoms with E-state index in [1.165, 1.54) is 25.7 Å². The summed E-state index contributed by atoms with van der Waals surface area (Å²) in [6.07, 6.45) is 6.46. The molecule has 0 aliphatic heterocycles.